The Morgan fingerprint density at radius 1 is 0.840 bits per heavy atom. The summed E-state index contributed by atoms with van der Waals surface area (Å²) in [6, 6.07) is 13.7. The van der Waals surface area contributed by atoms with Crippen LogP contribution in [-0.2, 0) is 15.3 Å². The highest BCUT2D eigenvalue weighted by molar-refractivity contribution is 6.31. The number of carbonyl (C=O) groups excluding carboxylic acids is 1. The second-order valence-corrected chi connectivity index (χ2v) is 6.53. The molecular formula is C20H22Cl2O3. The van der Waals surface area contributed by atoms with Gasteiger partial charge >= 0.3 is 0 Å². The van der Waals surface area contributed by atoms with Crippen molar-refractivity contribution in [2.75, 3.05) is 13.2 Å². The molecular weight excluding hydrogens is 359 g/mol. The fraction of sp³-hybridized carbons (Fsp3) is 0.350. The maximum atomic E-state index is 13.3. The lowest BCUT2D eigenvalue weighted by molar-refractivity contribution is -0.209. The maximum absolute atomic E-state index is 13.3. The molecule has 25 heavy (non-hydrogen) atoms. The van der Waals surface area contributed by atoms with Gasteiger partial charge in [0.25, 0.3) is 5.79 Å². The van der Waals surface area contributed by atoms with Gasteiger partial charge in [-0.3, -0.25) is 4.79 Å². The normalized spacial score (nSPS) is 11.5. The van der Waals surface area contributed by atoms with Crippen molar-refractivity contribution in [1.82, 2.24) is 0 Å². The minimum Gasteiger partial charge on any atom is -0.340 e. The molecule has 0 saturated heterocycles. The van der Waals surface area contributed by atoms with Gasteiger partial charge in [0, 0.05) is 21.2 Å². The van der Waals surface area contributed by atoms with Crippen LogP contribution in [0.4, 0.5) is 0 Å². The van der Waals surface area contributed by atoms with Crippen molar-refractivity contribution in [3.63, 3.8) is 0 Å². The van der Waals surface area contributed by atoms with Crippen molar-refractivity contribution < 1.29 is 14.3 Å². The van der Waals surface area contributed by atoms with Crippen LogP contribution in [0.2, 0.25) is 10.0 Å². The average Bonchev–Trinajstić information content (AvgIpc) is 2.63. The Balaban J connectivity index is 2.52. The van der Waals surface area contributed by atoms with E-state index in [1.807, 2.05) is 13.8 Å². The van der Waals surface area contributed by atoms with Crippen molar-refractivity contribution in [3.05, 3.63) is 69.7 Å². The summed E-state index contributed by atoms with van der Waals surface area (Å²) >= 11 is 11.9. The zero-order valence-corrected chi connectivity index (χ0v) is 15.9. The van der Waals surface area contributed by atoms with Crippen LogP contribution in [0.15, 0.2) is 48.5 Å². The van der Waals surface area contributed by atoms with Gasteiger partial charge in [-0.15, -0.1) is 0 Å². The van der Waals surface area contributed by atoms with E-state index < -0.39 is 5.79 Å². The van der Waals surface area contributed by atoms with Gasteiger partial charge in [0.15, 0.2) is 0 Å². The summed E-state index contributed by atoms with van der Waals surface area (Å²) in [7, 11) is 0. The number of halogens is 2. The van der Waals surface area contributed by atoms with Crippen molar-refractivity contribution in [2.24, 2.45) is 0 Å². The zero-order valence-electron chi connectivity index (χ0n) is 14.4. The smallest absolute Gasteiger partial charge is 0.261 e. The lowest BCUT2D eigenvalue weighted by Crippen LogP contribution is -2.42. The molecule has 2 aromatic rings. The number of carbonyl (C=O) groups is 1. The van der Waals surface area contributed by atoms with Gasteiger partial charge in [0.05, 0.1) is 13.2 Å². The predicted octanol–water partition coefficient (Wildman–Crippen LogP) is 5.88. The minimum absolute atomic E-state index is 0.256. The summed E-state index contributed by atoms with van der Waals surface area (Å²) in [5.41, 5.74) is 1.10. The van der Waals surface area contributed by atoms with Crippen LogP contribution in [0.1, 0.15) is 42.6 Å². The van der Waals surface area contributed by atoms with E-state index in [0.717, 1.165) is 12.8 Å². The molecule has 0 aliphatic carbocycles. The van der Waals surface area contributed by atoms with Gasteiger partial charge in [0.2, 0.25) is 5.78 Å². The standard InChI is InChI=1S/C20H22Cl2O3/c1-3-13-24-20(25-14-4-2,16-7-11-18(22)12-8-16)19(23)15-5-9-17(21)10-6-15/h5-12H,3-4,13-14H2,1-2H3. The molecule has 0 bridgehead atoms. The number of Topliss-reactive ketones (excluding diaryl/α,β-unsaturated/α-hetero) is 1. The minimum atomic E-state index is -1.50. The van der Waals surface area contributed by atoms with Gasteiger partial charge in [0.1, 0.15) is 0 Å². The van der Waals surface area contributed by atoms with Crippen LogP contribution in [0.5, 0.6) is 0 Å². The molecule has 134 valence electrons. The highest BCUT2D eigenvalue weighted by Gasteiger charge is 2.43. The third-order valence-corrected chi connectivity index (χ3v) is 4.15. The monoisotopic (exact) mass is 380 g/mol. The molecule has 0 heterocycles. The summed E-state index contributed by atoms with van der Waals surface area (Å²) in [4.78, 5) is 13.3. The average molecular weight is 381 g/mol. The van der Waals surface area contributed by atoms with Gasteiger partial charge in [-0.2, -0.15) is 0 Å². The Kier molecular flexibility index (Phi) is 7.45. The van der Waals surface area contributed by atoms with Crippen LogP contribution >= 0.6 is 23.2 Å². The molecule has 0 atom stereocenters. The van der Waals surface area contributed by atoms with Crippen LogP contribution < -0.4 is 0 Å². The van der Waals surface area contributed by atoms with Gasteiger partial charge in [-0.1, -0.05) is 49.2 Å². The second kappa shape index (κ2) is 9.35. The number of ether oxygens (including phenoxy) is 2. The zero-order chi connectivity index (χ0) is 18.3. The first-order valence-corrected chi connectivity index (χ1v) is 9.13. The SMILES string of the molecule is CCCOC(OCCC)(C(=O)c1ccc(Cl)cc1)c1ccc(Cl)cc1. The Labute approximate surface area is 158 Å². The van der Waals surface area contributed by atoms with E-state index >= 15 is 0 Å². The van der Waals surface area contributed by atoms with Gasteiger partial charge in [-0.05, 0) is 49.2 Å². The van der Waals surface area contributed by atoms with E-state index in [1.54, 1.807) is 48.5 Å². The van der Waals surface area contributed by atoms with Gasteiger partial charge < -0.3 is 9.47 Å². The number of ketones is 1. The molecule has 0 fully saturated rings. The summed E-state index contributed by atoms with van der Waals surface area (Å²) in [5.74, 6) is -1.75. The topological polar surface area (TPSA) is 35.5 Å². The molecule has 0 N–H and O–H groups in total. The Bertz CT molecular complexity index is 673. The van der Waals surface area contributed by atoms with E-state index in [2.05, 4.69) is 0 Å². The highest BCUT2D eigenvalue weighted by Crippen LogP contribution is 2.33. The van der Waals surface area contributed by atoms with Crippen molar-refractivity contribution in [2.45, 2.75) is 32.5 Å². The molecule has 0 aromatic heterocycles. The predicted molar refractivity (Wildman–Crippen MR) is 101 cm³/mol. The molecule has 5 heteroatoms. The molecule has 0 aliphatic rings. The van der Waals surface area contributed by atoms with Gasteiger partial charge in [-0.25, -0.2) is 0 Å². The van der Waals surface area contributed by atoms with Crippen LogP contribution in [0.25, 0.3) is 0 Å². The van der Waals surface area contributed by atoms with Crippen LogP contribution in [0.3, 0.4) is 0 Å². The lowest BCUT2D eigenvalue weighted by Gasteiger charge is -2.33. The van der Waals surface area contributed by atoms with E-state index in [-0.39, 0.29) is 5.78 Å². The fourth-order valence-corrected chi connectivity index (χ4v) is 2.67. The van der Waals surface area contributed by atoms with E-state index in [0.29, 0.717) is 34.4 Å². The van der Waals surface area contributed by atoms with E-state index in [9.17, 15) is 4.79 Å². The molecule has 0 unspecified atom stereocenters. The summed E-state index contributed by atoms with van der Waals surface area (Å²) in [6.07, 6.45) is 1.53. The number of rotatable bonds is 9. The molecule has 0 amide bonds. The number of hydrogen-bond acceptors (Lipinski definition) is 3. The fourth-order valence-electron chi connectivity index (χ4n) is 2.42. The third kappa shape index (κ3) is 4.83. The molecule has 2 aromatic carbocycles. The first kappa shape index (κ1) is 19.9. The molecule has 0 aliphatic heterocycles. The second-order valence-electron chi connectivity index (χ2n) is 5.66. The van der Waals surface area contributed by atoms with E-state index in [4.69, 9.17) is 32.7 Å². The van der Waals surface area contributed by atoms with E-state index in [1.165, 1.54) is 0 Å². The van der Waals surface area contributed by atoms with Crippen LogP contribution in [0, 0.1) is 0 Å². The summed E-state index contributed by atoms with van der Waals surface area (Å²) in [6.45, 7) is 4.76. The lowest BCUT2D eigenvalue weighted by atomic mass is 9.95. The quantitative estimate of drug-likeness (QED) is 0.402. The molecule has 0 saturated carbocycles. The third-order valence-electron chi connectivity index (χ3n) is 3.65. The largest absolute Gasteiger partial charge is 0.340 e. The summed E-state index contributed by atoms with van der Waals surface area (Å²) in [5, 5.41) is 1.15. The Morgan fingerprint density at radius 3 is 1.72 bits per heavy atom. The Morgan fingerprint density at radius 2 is 1.28 bits per heavy atom. The Hall–Kier alpha value is -1.39. The maximum Gasteiger partial charge on any atom is 0.261 e. The van der Waals surface area contributed by atoms with Crippen molar-refractivity contribution in [3.8, 4) is 0 Å². The van der Waals surface area contributed by atoms with Crippen molar-refractivity contribution in [1.29, 1.82) is 0 Å². The highest BCUT2D eigenvalue weighted by atomic mass is 35.5. The number of benzene rings is 2. The molecule has 2 rings (SSSR count). The molecule has 0 spiro atoms. The molecule has 3 nitrogen and oxygen atoms in total. The first-order chi connectivity index (χ1) is 12.0. The number of hydrogen-bond donors (Lipinski definition) is 0. The first-order valence-electron chi connectivity index (χ1n) is 8.37. The van der Waals surface area contributed by atoms with Crippen LogP contribution in [-0.4, -0.2) is 19.0 Å². The molecule has 0 radical (unpaired) electrons. The van der Waals surface area contributed by atoms with Crippen molar-refractivity contribution >= 4 is 29.0 Å². The summed E-state index contributed by atoms with van der Waals surface area (Å²) < 4.78 is 12.0.